The van der Waals surface area contributed by atoms with E-state index in [9.17, 15) is 9.59 Å². The highest BCUT2D eigenvalue weighted by atomic mass is 16.2. The fourth-order valence-electron chi connectivity index (χ4n) is 2.50. The van der Waals surface area contributed by atoms with Gasteiger partial charge in [-0.05, 0) is 30.7 Å². The lowest BCUT2D eigenvalue weighted by atomic mass is 10.0. The van der Waals surface area contributed by atoms with Crippen LogP contribution in [-0.2, 0) is 4.79 Å². The van der Waals surface area contributed by atoms with E-state index in [0.717, 1.165) is 11.3 Å². The third-order valence-electron chi connectivity index (χ3n) is 3.91. The molecule has 0 bridgehead atoms. The van der Waals surface area contributed by atoms with Crippen LogP contribution in [0.2, 0.25) is 0 Å². The second kappa shape index (κ2) is 6.96. The number of para-hydroxylation sites is 1. The summed E-state index contributed by atoms with van der Waals surface area (Å²) in [5.74, 6) is -0.386. The number of aromatic nitrogens is 1. The van der Waals surface area contributed by atoms with E-state index in [1.165, 1.54) is 10.6 Å². The molecular formula is C20H18N2O2. The molecule has 0 fully saturated rings. The number of nitrogens with one attached hydrogen (secondary N) is 1. The molecule has 1 unspecified atom stereocenters. The van der Waals surface area contributed by atoms with E-state index in [1.54, 1.807) is 12.3 Å². The van der Waals surface area contributed by atoms with Crippen LogP contribution in [0.1, 0.15) is 18.4 Å². The summed E-state index contributed by atoms with van der Waals surface area (Å²) >= 11 is 0. The van der Waals surface area contributed by atoms with Crippen LogP contribution in [0.25, 0.3) is 5.69 Å². The summed E-state index contributed by atoms with van der Waals surface area (Å²) in [4.78, 5) is 24.5. The fourth-order valence-corrected chi connectivity index (χ4v) is 2.50. The molecule has 0 aliphatic carbocycles. The average Bonchev–Trinajstić information content (AvgIpc) is 2.64. The number of nitrogens with zero attached hydrogens (tertiary/aromatic N) is 1. The molecule has 1 heterocycles. The Balaban J connectivity index is 1.83. The van der Waals surface area contributed by atoms with Gasteiger partial charge in [0.25, 0.3) is 5.56 Å². The molecular weight excluding hydrogens is 300 g/mol. The molecule has 120 valence electrons. The van der Waals surface area contributed by atoms with Crippen molar-refractivity contribution >= 4 is 11.6 Å². The van der Waals surface area contributed by atoms with E-state index < -0.39 is 0 Å². The summed E-state index contributed by atoms with van der Waals surface area (Å²) in [5, 5.41) is 2.88. The number of rotatable bonds is 4. The lowest BCUT2D eigenvalue weighted by Crippen LogP contribution is -2.22. The topological polar surface area (TPSA) is 51.1 Å². The molecule has 4 heteroatoms. The van der Waals surface area contributed by atoms with Crippen molar-refractivity contribution in [3.8, 4) is 5.69 Å². The molecule has 0 aliphatic heterocycles. The van der Waals surface area contributed by atoms with Crippen molar-refractivity contribution < 1.29 is 4.79 Å². The van der Waals surface area contributed by atoms with Crippen LogP contribution in [-0.4, -0.2) is 10.5 Å². The lowest BCUT2D eigenvalue weighted by Gasteiger charge is -2.14. The predicted octanol–water partition coefficient (Wildman–Crippen LogP) is 3.58. The van der Waals surface area contributed by atoms with E-state index in [-0.39, 0.29) is 17.4 Å². The third-order valence-corrected chi connectivity index (χ3v) is 3.91. The van der Waals surface area contributed by atoms with Gasteiger partial charge in [-0.25, -0.2) is 0 Å². The summed E-state index contributed by atoms with van der Waals surface area (Å²) in [6, 6.07) is 22.0. The average molecular weight is 318 g/mol. The Morgan fingerprint density at radius 2 is 1.54 bits per heavy atom. The zero-order valence-electron chi connectivity index (χ0n) is 13.3. The van der Waals surface area contributed by atoms with Gasteiger partial charge in [-0.1, -0.05) is 48.5 Å². The van der Waals surface area contributed by atoms with Gasteiger partial charge in [0.15, 0.2) is 0 Å². The number of benzene rings is 2. The molecule has 3 aromatic rings. The van der Waals surface area contributed by atoms with Crippen molar-refractivity contribution in [3.05, 3.63) is 94.9 Å². The van der Waals surface area contributed by atoms with Gasteiger partial charge in [-0.3, -0.25) is 14.2 Å². The van der Waals surface area contributed by atoms with Crippen LogP contribution in [0.15, 0.2) is 83.8 Å². The van der Waals surface area contributed by atoms with Crippen molar-refractivity contribution in [1.29, 1.82) is 0 Å². The number of hydrogen-bond acceptors (Lipinski definition) is 2. The molecule has 3 rings (SSSR count). The number of carbonyl (C=O) groups excluding carboxylic acids is 1. The van der Waals surface area contributed by atoms with Crippen molar-refractivity contribution in [2.75, 3.05) is 5.32 Å². The molecule has 1 atom stereocenters. The first-order chi connectivity index (χ1) is 11.6. The van der Waals surface area contributed by atoms with Gasteiger partial charge < -0.3 is 5.32 Å². The second-order valence-electron chi connectivity index (χ2n) is 5.58. The minimum Gasteiger partial charge on any atom is -0.324 e. The first-order valence-corrected chi connectivity index (χ1v) is 7.79. The first-order valence-electron chi connectivity index (χ1n) is 7.79. The van der Waals surface area contributed by atoms with Gasteiger partial charge in [0.2, 0.25) is 5.91 Å². The highest BCUT2D eigenvalue weighted by Crippen LogP contribution is 2.17. The Hall–Kier alpha value is -3.14. The SMILES string of the molecule is CC(C(=O)Nc1ccc(=O)n(-c2ccccc2)c1)c1ccccc1. The third kappa shape index (κ3) is 3.43. The summed E-state index contributed by atoms with van der Waals surface area (Å²) in [5.41, 5.74) is 2.16. The van der Waals surface area contributed by atoms with Crippen LogP contribution in [0, 0.1) is 0 Å². The Kier molecular flexibility index (Phi) is 4.57. The van der Waals surface area contributed by atoms with E-state index in [0.29, 0.717) is 5.69 Å². The number of carbonyl (C=O) groups is 1. The Morgan fingerprint density at radius 1 is 0.917 bits per heavy atom. The standard InChI is InChI=1S/C20H18N2O2/c1-15(16-8-4-2-5-9-16)20(24)21-17-12-13-19(23)22(14-17)18-10-6-3-7-11-18/h2-15H,1H3,(H,21,24). The monoisotopic (exact) mass is 318 g/mol. The van der Waals surface area contributed by atoms with E-state index in [1.807, 2.05) is 67.6 Å². The summed E-state index contributed by atoms with van der Waals surface area (Å²) in [7, 11) is 0. The highest BCUT2D eigenvalue weighted by molar-refractivity contribution is 5.95. The molecule has 1 amide bonds. The van der Waals surface area contributed by atoms with Gasteiger partial charge in [0.1, 0.15) is 0 Å². The van der Waals surface area contributed by atoms with Crippen LogP contribution >= 0.6 is 0 Å². The molecule has 2 aromatic carbocycles. The van der Waals surface area contributed by atoms with Gasteiger partial charge in [-0.2, -0.15) is 0 Å². The summed E-state index contributed by atoms with van der Waals surface area (Å²) in [6.07, 6.45) is 1.65. The smallest absolute Gasteiger partial charge is 0.255 e. The van der Waals surface area contributed by atoms with Crippen molar-refractivity contribution in [1.82, 2.24) is 4.57 Å². The molecule has 0 spiro atoms. The molecule has 24 heavy (non-hydrogen) atoms. The molecule has 0 saturated carbocycles. The molecule has 4 nitrogen and oxygen atoms in total. The van der Waals surface area contributed by atoms with Gasteiger partial charge in [-0.15, -0.1) is 0 Å². The number of amides is 1. The molecule has 1 N–H and O–H groups in total. The van der Waals surface area contributed by atoms with Gasteiger partial charge in [0, 0.05) is 18.0 Å². The number of anilines is 1. The minimum atomic E-state index is -0.275. The molecule has 0 saturated heterocycles. The maximum absolute atomic E-state index is 12.4. The van der Waals surface area contributed by atoms with Crippen molar-refractivity contribution in [3.63, 3.8) is 0 Å². The summed E-state index contributed by atoms with van der Waals surface area (Å²) < 4.78 is 1.52. The molecule has 0 aliphatic rings. The van der Waals surface area contributed by atoms with E-state index >= 15 is 0 Å². The van der Waals surface area contributed by atoms with Crippen LogP contribution in [0.5, 0.6) is 0 Å². The molecule has 1 aromatic heterocycles. The van der Waals surface area contributed by atoms with Gasteiger partial charge in [0.05, 0.1) is 11.6 Å². The predicted molar refractivity (Wildman–Crippen MR) is 95.5 cm³/mol. The minimum absolute atomic E-state index is 0.112. The number of hydrogen-bond donors (Lipinski definition) is 1. The Bertz CT molecular complexity index is 886. The van der Waals surface area contributed by atoms with Crippen molar-refractivity contribution in [2.45, 2.75) is 12.8 Å². The van der Waals surface area contributed by atoms with E-state index in [4.69, 9.17) is 0 Å². The Labute approximate surface area is 140 Å². The maximum atomic E-state index is 12.4. The normalized spacial score (nSPS) is 11.7. The zero-order chi connectivity index (χ0) is 16.9. The second-order valence-corrected chi connectivity index (χ2v) is 5.58. The zero-order valence-corrected chi connectivity index (χ0v) is 13.3. The van der Waals surface area contributed by atoms with Crippen LogP contribution in [0.4, 0.5) is 5.69 Å². The van der Waals surface area contributed by atoms with Crippen LogP contribution < -0.4 is 10.9 Å². The van der Waals surface area contributed by atoms with E-state index in [2.05, 4.69) is 5.32 Å². The lowest BCUT2D eigenvalue weighted by molar-refractivity contribution is -0.117. The van der Waals surface area contributed by atoms with Gasteiger partial charge >= 0.3 is 0 Å². The number of pyridine rings is 1. The molecule has 0 radical (unpaired) electrons. The highest BCUT2D eigenvalue weighted by Gasteiger charge is 2.15. The largest absolute Gasteiger partial charge is 0.324 e. The Morgan fingerprint density at radius 3 is 2.21 bits per heavy atom. The quantitative estimate of drug-likeness (QED) is 0.799. The maximum Gasteiger partial charge on any atom is 0.255 e. The van der Waals surface area contributed by atoms with Crippen LogP contribution in [0.3, 0.4) is 0 Å². The summed E-state index contributed by atoms with van der Waals surface area (Å²) in [6.45, 7) is 1.86. The first kappa shape index (κ1) is 15.7. The fraction of sp³-hybridized carbons (Fsp3) is 0.100. The van der Waals surface area contributed by atoms with Crippen molar-refractivity contribution in [2.24, 2.45) is 0 Å².